The molecule has 316 valence electrons. The molecular weight excluding hydrogens is 817 g/mol. The Hall–Kier alpha value is -8.84. The summed E-state index contributed by atoms with van der Waals surface area (Å²) in [7, 11) is 0. The Labute approximate surface area is 397 Å². The molecule has 0 spiro atoms. The van der Waals surface area contributed by atoms with Crippen molar-refractivity contribution < 1.29 is 0 Å². The quantitative estimate of drug-likeness (QED) is 0.105. The molecule has 0 saturated carbocycles. The highest BCUT2D eigenvalue weighted by Gasteiger charge is 2.20. The van der Waals surface area contributed by atoms with Crippen molar-refractivity contribution in [1.29, 1.82) is 0 Å². The van der Waals surface area contributed by atoms with Crippen molar-refractivity contribution in [3.8, 4) is 89.0 Å². The van der Waals surface area contributed by atoms with Gasteiger partial charge in [0, 0.05) is 0 Å². The van der Waals surface area contributed by atoms with Crippen LogP contribution in [-0.2, 0) is 0 Å². The van der Waals surface area contributed by atoms with E-state index in [0.29, 0.717) is 0 Å². The molecule has 0 aliphatic heterocycles. The van der Waals surface area contributed by atoms with Gasteiger partial charge in [0.05, 0.1) is 0 Å². The predicted molar refractivity (Wildman–Crippen MR) is 291 cm³/mol. The lowest BCUT2D eigenvalue weighted by molar-refractivity contribution is 1.59. The zero-order valence-corrected chi connectivity index (χ0v) is 37.4. The van der Waals surface area contributed by atoms with Gasteiger partial charge in [0.2, 0.25) is 0 Å². The third kappa shape index (κ3) is 7.12. The lowest BCUT2D eigenvalue weighted by Crippen LogP contribution is -1.93. The van der Waals surface area contributed by atoms with Gasteiger partial charge >= 0.3 is 0 Å². The molecule has 0 aliphatic carbocycles. The fourth-order valence-corrected chi connectivity index (χ4v) is 10.6. The summed E-state index contributed by atoms with van der Waals surface area (Å²) in [6, 6.07) is 98.6. The molecule has 0 saturated heterocycles. The molecule has 13 rings (SSSR count). The van der Waals surface area contributed by atoms with Crippen LogP contribution in [0.3, 0.4) is 0 Å². The molecule has 0 heteroatoms. The van der Waals surface area contributed by atoms with Crippen molar-refractivity contribution in [1.82, 2.24) is 0 Å². The van der Waals surface area contributed by atoms with E-state index in [1.54, 1.807) is 0 Å². The monoisotopic (exact) mass is 860 g/mol. The smallest absolute Gasteiger partial charge is 0.00255 e. The van der Waals surface area contributed by atoms with E-state index in [2.05, 4.69) is 267 Å². The molecule has 13 aromatic rings. The Morgan fingerprint density at radius 1 is 0.132 bits per heavy atom. The lowest BCUT2D eigenvalue weighted by Gasteiger charge is -2.20. The van der Waals surface area contributed by atoms with Gasteiger partial charge < -0.3 is 0 Å². The first kappa shape index (κ1) is 39.5. The maximum Gasteiger partial charge on any atom is -0.00255 e. The molecule has 0 amide bonds. The largest absolute Gasteiger partial charge is 0.0622 e. The van der Waals surface area contributed by atoms with E-state index in [1.807, 2.05) is 0 Å². The molecule has 0 fully saturated rings. The molecule has 0 aromatic heterocycles. The van der Waals surface area contributed by atoms with Crippen molar-refractivity contribution in [2.45, 2.75) is 0 Å². The van der Waals surface area contributed by atoms with Gasteiger partial charge in [-0.1, -0.05) is 194 Å². The highest BCUT2D eigenvalue weighted by Crippen LogP contribution is 2.47. The van der Waals surface area contributed by atoms with E-state index in [1.165, 1.54) is 132 Å². The van der Waals surface area contributed by atoms with Crippen LogP contribution in [-0.4, -0.2) is 0 Å². The number of hydrogen-bond donors (Lipinski definition) is 0. The summed E-state index contributed by atoms with van der Waals surface area (Å²) in [6.45, 7) is 0. The Kier molecular flexibility index (Phi) is 9.62. The average molecular weight is 861 g/mol. The van der Waals surface area contributed by atoms with Crippen LogP contribution in [0.4, 0.5) is 0 Å². The summed E-state index contributed by atoms with van der Waals surface area (Å²) in [5, 5.41) is 10.1. The predicted octanol–water partition coefficient (Wildman–Crippen LogP) is 19.1. The topological polar surface area (TPSA) is 0 Å². The minimum atomic E-state index is 1.20. The van der Waals surface area contributed by atoms with Gasteiger partial charge in [-0.25, -0.2) is 0 Å². The SMILES string of the molecule is c1ccc(-c2cccc(-c3cc4cc(-c5cccc(-c6ccccc6)c5)cc5c6cc(-c7cccc(-c8ccccc8)c7)cc7cc(-c8cccc(-c9ccccc9)c8)cc(c(c3)c45)c76)c2)cc1. The highest BCUT2D eigenvalue weighted by atomic mass is 14.2. The summed E-state index contributed by atoms with van der Waals surface area (Å²) in [5.74, 6) is 0. The summed E-state index contributed by atoms with van der Waals surface area (Å²) >= 11 is 0. The summed E-state index contributed by atoms with van der Waals surface area (Å²) in [4.78, 5) is 0. The summed E-state index contributed by atoms with van der Waals surface area (Å²) in [6.07, 6.45) is 0. The van der Waals surface area contributed by atoms with Crippen molar-refractivity contribution in [2.24, 2.45) is 0 Å². The van der Waals surface area contributed by atoms with Crippen molar-refractivity contribution in [3.05, 3.63) is 267 Å². The molecule has 0 atom stereocenters. The second kappa shape index (κ2) is 16.5. The van der Waals surface area contributed by atoms with E-state index >= 15 is 0 Å². The highest BCUT2D eigenvalue weighted by molar-refractivity contribution is 6.35. The number of benzene rings is 13. The van der Waals surface area contributed by atoms with Crippen LogP contribution < -0.4 is 0 Å². The number of fused-ring (bicyclic) bond motifs is 2. The van der Waals surface area contributed by atoms with Crippen LogP contribution in [0.5, 0.6) is 0 Å². The molecule has 0 heterocycles. The van der Waals surface area contributed by atoms with Gasteiger partial charge in [0.1, 0.15) is 0 Å². The van der Waals surface area contributed by atoms with Crippen LogP contribution in [0, 0.1) is 0 Å². The Balaban J connectivity index is 1.12. The normalized spacial score (nSPS) is 11.5. The molecule has 0 aliphatic rings. The maximum absolute atomic E-state index is 2.46. The molecule has 0 bridgehead atoms. The molecule has 0 nitrogen and oxygen atoms in total. The second-order valence-electron chi connectivity index (χ2n) is 18.1. The molecular formula is C68H44. The van der Waals surface area contributed by atoms with Crippen molar-refractivity contribution in [2.75, 3.05) is 0 Å². The van der Waals surface area contributed by atoms with E-state index in [4.69, 9.17) is 0 Å². The van der Waals surface area contributed by atoms with Gasteiger partial charge in [-0.15, -0.1) is 0 Å². The first-order chi connectivity index (χ1) is 33.7. The van der Waals surface area contributed by atoms with Crippen LogP contribution in [0.25, 0.3) is 132 Å². The Morgan fingerprint density at radius 3 is 0.544 bits per heavy atom. The number of rotatable bonds is 8. The van der Waals surface area contributed by atoms with Crippen molar-refractivity contribution in [3.63, 3.8) is 0 Å². The zero-order chi connectivity index (χ0) is 45.0. The lowest BCUT2D eigenvalue weighted by atomic mass is 9.83. The van der Waals surface area contributed by atoms with Crippen LogP contribution in [0.1, 0.15) is 0 Å². The standard InChI is InChI=1S/C68H44/c1-5-17-45(18-6-1)49-25-13-29-53(33-49)57-37-61-38-58(54-30-14-26-50(34-54)46-19-7-2-8-20-46)43-65-66-44-60(56-32-16-28-52(36-56)48-23-11-4-12-24-48)40-62-39-59(42-64(68(62)66)63(41-57)67(61)65)55-31-15-27-51(35-55)47-21-9-3-10-22-47/h1-44H. The van der Waals surface area contributed by atoms with Gasteiger partial charge in [-0.2, -0.15) is 0 Å². The Bertz CT molecular complexity index is 3460. The first-order valence-corrected chi connectivity index (χ1v) is 23.5. The van der Waals surface area contributed by atoms with Gasteiger partial charge in [0.15, 0.2) is 0 Å². The third-order valence-corrected chi connectivity index (χ3v) is 13.9. The van der Waals surface area contributed by atoms with Crippen LogP contribution in [0.2, 0.25) is 0 Å². The third-order valence-electron chi connectivity index (χ3n) is 13.9. The summed E-state index contributed by atoms with van der Waals surface area (Å²) in [5.41, 5.74) is 19.3. The molecule has 0 unspecified atom stereocenters. The zero-order valence-electron chi connectivity index (χ0n) is 37.4. The number of hydrogen-bond acceptors (Lipinski definition) is 0. The van der Waals surface area contributed by atoms with Gasteiger partial charge in [-0.05, 0) is 205 Å². The van der Waals surface area contributed by atoms with E-state index in [0.717, 1.165) is 0 Å². The van der Waals surface area contributed by atoms with Gasteiger partial charge in [-0.3, -0.25) is 0 Å². The summed E-state index contributed by atoms with van der Waals surface area (Å²) < 4.78 is 0. The van der Waals surface area contributed by atoms with Crippen LogP contribution in [0.15, 0.2) is 267 Å². The minimum absolute atomic E-state index is 1.20. The van der Waals surface area contributed by atoms with Crippen molar-refractivity contribution >= 4 is 43.1 Å². The van der Waals surface area contributed by atoms with E-state index in [-0.39, 0.29) is 0 Å². The fraction of sp³-hybridized carbons (Fsp3) is 0. The van der Waals surface area contributed by atoms with Gasteiger partial charge in [0.25, 0.3) is 0 Å². The maximum atomic E-state index is 2.46. The van der Waals surface area contributed by atoms with Crippen LogP contribution >= 0.6 is 0 Å². The molecule has 0 radical (unpaired) electrons. The average Bonchev–Trinajstić information content (AvgIpc) is 3.42. The molecule has 0 N–H and O–H groups in total. The Morgan fingerprint density at radius 2 is 0.324 bits per heavy atom. The van der Waals surface area contributed by atoms with E-state index in [9.17, 15) is 0 Å². The molecule has 13 aromatic carbocycles. The first-order valence-electron chi connectivity index (χ1n) is 23.5. The molecule has 68 heavy (non-hydrogen) atoms. The minimum Gasteiger partial charge on any atom is -0.0622 e. The second-order valence-corrected chi connectivity index (χ2v) is 18.1. The fourth-order valence-electron chi connectivity index (χ4n) is 10.6. The van der Waals surface area contributed by atoms with E-state index < -0.39 is 0 Å².